The number of thioether (sulfide) groups is 2. The van der Waals surface area contributed by atoms with E-state index in [9.17, 15) is 4.79 Å². The van der Waals surface area contributed by atoms with Gasteiger partial charge in [-0.05, 0) is 31.2 Å². The first-order chi connectivity index (χ1) is 13.7. The third-order valence-electron chi connectivity index (χ3n) is 3.99. The molecule has 0 spiro atoms. The lowest BCUT2D eigenvalue weighted by atomic mass is 10.1. The van der Waals surface area contributed by atoms with Gasteiger partial charge in [0.05, 0.1) is 17.1 Å². The molecule has 4 nitrogen and oxygen atoms in total. The Hall–Kier alpha value is -1.89. The molecule has 0 aromatic heterocycles. The average molecular weight is 417 g/mol. The van der Waals surface area contributed by atoms with Crippen LogP contribution in [-0.2, 0) is 19.0 Å². The van der Waals surface area contributed by atoms with E-state index >= 15 is 0 Å². The summed E-state index contributed by atoms with van der Waals surface area (Å²) in [6.45, 7) is 3.91. The minimum absolute atomic E-state index is 0.302. The molecular formula is C22H24O4S2. The number of hydrogen-bond donors (Lipinski definition) is 0. The summed E-state index contributed by atoms with van der Waals surface area (Å²) in [6.07, 6.45) is -0.303. The zero-order valence-electron chi connectivity index (χ0n) is 16.0. The normalized spacial score (nSPS) is 19.2. The number of benzene rings is 2. The van der Waals surface area contributed by atoms with Gasteiger partial charge in [0.1, 0.15) is 11.9 Å². The first kappa shape index (κ1) is 20.8. The number of ether oxygens (including phenoxy) is 3. The van der Waals surface area contributed by atoms with Crippen LogP contribution in [0.1, 0.15) is 20.3 Å². The van der Waals surface area contributed by atoms with Crippen molar-refractivity contribution in [1.29, 1.82) is 0 Å². The van der Waals surface area contributed by atoms with Gasteiger partial charge in [0.15, 0.2) is 0 Å². The van der Waals surface area contributed by atoms with Gasteiger partial charge in [-0.15, -0.1) is 11.8 Å². The molecule has 148 valence electrons. The van der Waals surface area contributed by atoms with Crippen molar-refractivity contribution in [3.05, 3.63) is 71.3 Å². The largest absolute Gasteiger partial charge is 0.467 e. The molecule has 2 atom stereocenters. The van der Waals surface area contributed by atoms with E-state index in [-0.39, 0.29) is 12.1 Å². The Balaban J connectivity index is 1.88. The molecule has 0 N–H and O–H groups in total. The summed E-state index contributed by atoms with van der Waals surface area (Å²) >= 11 is 3.28. The van der Waals surface area contributed by atoms with E-state index in [4.69, 9.17) is 14.2 Å². The molecule has 1 aliphatic heterocycles. The van der Waals surface area contributed by atoms with Crippen molar-refractivity contribution in [2.24, 2.45) is 0 Å². The highest BCUT2D eigenvalue weighted by Crippen LogP contribution is 2.40. The van der Waals surface area contributed by atoms with E-state index in [0.717, 1.165) is 20.5 Å². The maximum absolute atomic E-state index is 11.7. The van der Waals surface area contributed by atoms with E-state index in [1.165, 1.54) is 6.92 Å². The maximum atomic E-state index is 11.7. The highest BCUT2D eigenvalue weighted by atomic mass is 32.2. The fourth-order valence-electron chi connectivity index (χ4n) is 2.83. The first-order valence-corrected chi connectivity index (χ1v) is 11.0. The molecule has 6 heteroatoms. The number of carbonyl (C=O) groups excluding carboxylic acids is 1. The lowest BCUT2D eigenvalue weighted by Gasteiger charge is -2.33. The standard InChI is InChI=1S/C22H24O4S2/c1-3-24-21-14-19(25-16(2)23)22(28-18-12-8-5-9-13-18)20(26-21)15-27-17-10-6-4-7-11-17/h4-13,19,21H,3,14-15H2,1-2H3/t19-,21-/m1/s1. The summed E-state index contributed by atoms with van der Waals surface area (Å²) in [5.74, 6) is 1.14. The minimum Gasteiger partial charge on any atom is -0.467 e. The number of esters is 1. The predicted octanol–water partition coefficient (Wildman–Crippen LogP) is 5.50. The molecule has 3 rings (SSSR count). The van der Waals surface area contributed by atoms with Crippen LogP contribution in [0, 0.1) is 0 Å². The summed E-state index contributed by atoms with van der Waals surface area (Å²) in [7, 11) is 0. The van der Waals surface area contributed by atoms with Crippen molar-refractivity contribution >= 4 is 29.5 Å². The lowest BCUT2D eigenvalue weighted by molar-refractivity contribution is -0.161. The summed E-state index contributed by atoms with van der Waals surface area (Å²) < 4.78 is 17.5. The van der Waals surface area contributed by atoms with Crippen LogP contribution < -0.4 is 0 Å². The van der Waals surface area contributed by atoms with Crippen LogP contribution in [0.2, 0.25) is 0 Å². The van der Waals surface area contributed by atoms with E-state index < -0.39 is 6.29 Å². The highest BCUT2D eigenvalue weighted by molar-refractivity contribution is 8.03. The van der Waals surface area contributed by atoms with Gasteiger partial charge < -0.3 is 14.2 Å². The number of hydrogen-bond acceptors (Lipinski definition) is 6. The van der Waals surface area contributed by atoms with Gasteiger partial charge in [0.25, 0.3) is 0 Å². The lowest BCUT2D eigenvalue weighted by Crippen LogP contribution is -2.33. The van der Waals surface area contributed by atoms with Crippen LogP contribution in [-0.4, -0.2) is 30.7 Å². The molecular weight excluding hydrogens is 392 g/mol. The molecule has 0 saturated heterocycles. The fourth-order valence-corrected chi connectivity index (χ4v) is 4.84. The summed E-state index contributed by atoms with van der Waals surface area (Å²) in [5, 5.41) is 0. The topological polar surface area (TPSA) is 44.8 Å². The van der Waals surface area contributed by atoms with Crippen LogP contribution in [0.4, 0.5) is 0 Å². The molecule has 0 saturated carbocycles. The average Bonchev–Trinajstić information content (AvgIpc) is 2.70. The van der Waals surface area contributed by atoms with Gasteiger partial charge in [-0.2, -0.15) is 0 Å². The smallest absolute Gasteiger partial charge is 0.303 e. The predicted molar refractivity (Wildman–Crippen MR) is 113 cm³/mol. The SMILES string of the molecule is CCO[C@H]1C[C@@H](OC(C)=O)C(Sc2ccccc2)=C(CSc2ccccc2)O1. The van der Waals surface area contributed by atoms with Gasteiger partial charge in [0, 0.05) is 23.3 Å². The van der Waals surface area contributed by atoms with Crippen LogP contribution in [0.15, 0.2) is 81.1 Å². The van der Waals surface area contributed by atoms with Crippen molar-refractivity contribution in [3.63, 3.8) is 0 Å². The molecule has 2 aromatic rings. The second-order valence-electron chi connectivity index (χ2n) is 6.14. The molecule has 1 aliphatic rings. The van der Waals surface area contributed by atoms with Crippen molar-refractivity contribution in [2.45, 2.75) is 42.5 Å². The molecule has 0 fully saturated rings. The van der Waals surface area contributed by atoms with Crippen molar-refractivity contribution in [3.8, 4) is 0 Å². The molecule has 28 heavy (non-hydrogen) atoms. The van der Waals surface area contributed by atoms with Crippen LogP contribution >= 0.6 is 23.5 Å². The third kappa shape index (κ3) is 6.06. The number of rotatable bonds is 8. The molecule has 2 aromatic carbocycles. The molecule has 0 amide bonds. The van der Waals surface area contributed by atoms with E-state index in [1.807, 2.05) is 55.5 Å². The third-order valence-corrected chi connectivity index (χ3v) is 6.22. The Morgan fingerprint density at radius 1 is 1.07 bits per heavy atom. The van der Waals surface area contributed by atoms with E-state index in [2.05, 4.69) is 12.1 Å². The van der Waals surface area contributed by atoms with Crippen molar-refractivity contribution in [2.75, 3.05) is 12.4 Å². The van der Waals surface area contributed by atoms with Crippen molar-refractivity contribution < 1.29 is 19.0 Å². The van der Waals surface area contributed by atoms with Crippen molar-refractivity contribution in [1.82, 2.24) is 0 Å². The Morgan fingerprint density at radius 2 is 1.71 bits per heavy atom. The zero-order chi connectivity index (χ0) is 19.8. The van der Waals surface area contributed by atoms with Gasteiger partial charge in [-0.3, -0.25) is 4.79 Å². The van der Waals surface area contributed by atoms with Crippen LogP contribution in [0.5, 0.6) is 0 Å². The molecule has 0 radical (unpaired) electrons. The second kappa shape index (κ2) is 10.6. The molecule has 1 heterocycles. The molecule has 0 bridgehead atoms. The Bertz CT molecular complexity index is 793. The van der Waals surface area contributed by atoms with Gasteiger partial charge >= 0.3 is 5.97 Å². The first-order valence-electron chi connectivity index (χ1n) is 9.25. The van der Waals surface area contributed by atoms with Crippen LogP contribution in [0.25, 0.3) is 0 Å². The van der Waals surface area contributed by atoms with Crippen LogP contribution in [0.3, 0.4) is 0 Å². The fraction of sp³-hybridized carbons (Fsp3) is 0.318. The Kier molecular flexibility index (Phi) is 7.89. The van der Waals surface area contributed by atoms with E-state index in [1.54, 1.807) is 23.5 Å². The van der Waals surface area contributed by atoms with Gasteiger partial charge in [0.2, 0.25) is 6.29 Å². The quantitative estimate of drug-likeness (QED) is 0.418. The molecule has 0 aliphatic carbocycles. The second-order valence-corrected chi connectivity index (χ2v) is 8.30. The number of carbonyl (C=O) groups is 1. The maximum Gasteiger partial charge on any atom is 0.303 e. The highest BCUT2D eigenvalue weighted by Gasteiger charge is 2.34. The molecule has 0 unspecified atom stereocenters. The Labute approximate surface area is 174 Å². The minimum atomic E-state index is -0.416. The van der Waals surface area contributed by atoms with E-state index in [0.29, 0.717) is 18.8 Å². The monoisotopic (exact) mass is 416 g/mol. The zero-order valence-corrected chi connectivity index (χ0v) is 17.6. The summed E-state index contributed by atoms with van der Waals surface area (Å²) in [5.41, 5.74) is 0. The van der Waals surface area contributed by atoms with Gasteiger partial charge in [-0.1, -0.05) is 48.2 Å². The van der Waals surface area contributed by atoms with Gasteiger partial charge in [-0.25, -0.2) is 0 Å². The summed E-state index contributed by atoms with van der Waals surface area (Å²) in [6, 6.07) is 20.2. The summed E-state index contributed by atoms with van der Waals surface area (Å²) in [4.78, 5) is 14.9. The Morgan fingerprint density at radius 3 is 2.32 bits per heavy atom.